The van der Waals surface area contributed by atoms with Gasteiger partial charge in [0.15, 0.2) is 0 Å². The van der Waals surface area contributed by atoms with Crippen LogP contribution in [0.3, 0.4) is 0 Å². The maximum absolute atomic E-state index is 4.42. The van der Waals surface area contributed by atoms with Gasteiger partial charge in [0.1, 0.15) is 5.82 Å². The highest BCUT2D eigenvalue weighted by molar-refractivity contribution is 5.50. The van der Waals surface area contributed by atoms with Crippen molar-refractivity contribution in [3.05, 3.63) is 18.3 Å². The molecular weight excluding hydrogens is 188 g/mol. The van der Waals surface area contributed by atoms with Crippen LogP contribution in [0.25, 0.3) is 0 Å². The largest absolute Gasteiger partial charge is 0.368 e. The first-order valence-electron chi connectivity index (χ1n) is 5.36. The summed E-state index contributed by atoms with van der Waals surface area (Å²) in [6.07, 6.45) is 1.96. The molecule has 82 valence electrons. The predicted molar refractivity (Wildman–Crippen MR) is 63.6 cm³/mol. The van der Waals surface area contributed by atoms with Crippen molar-refractivity contribution in [1.82, 2.24) is 10.3 Å². The Labute approximate surface area is 90.9 Å². The molecule has 15 heavy (non-hydrogen) atoms. The minimum atomic E-state index is 1.01. The summed E-state index contributed by atoms with van der Waals surface area (Å²) in [5.74, 6) is 1.01. The van der Waals surface area contributed by atoms with E-state index in [0.29, 0.717) is 0 Å². The SMILES string of the molecule is CN(C)c1ccc(N2CCNCC2)cn1. The van der Waals surface area contributed by atoms with Gasteiger partial charge < -0.3 is 15.1 Å². The third-order valence-electron chi connectivity index (χ3n) is 2.67. The maximum atomic E-state index is 4.42. The van der Waals surface area contributed by atoms with Gasteiger partial charge in [-0.05, 0) is 12.1 Å². The molecule has 1 N–H and O–H groups in total. The van der Waals surface area contributed by atoms with Gasteiger partial charge in [-0.2, -0.15) is 0 Å². The zero-order valence-electron chi connectivity index (χ0n) is 9.40. The molecule has 4 nitrogen and oxygen atoms in total. The Morgan fingerprint density at radius 3 is 2.53 bits per heavy atom. The summed E-state index contributed by atoms with van der Waals surface area (Å²) in [7, 11) is 4.01. The predicted octanol–water partition coefficient (Wildman–Crippen LogP) is 0.557. The van der Waals surface area contributed by atoms with Gasteiger partial charge in [-0.1, -0.05) is 0 Å². The van der Waals surface area contributed by atoms with Crippen LogP contribution in [0.5, 0.6) is 0 Å². The Morgan fingerprint density at radius 2 is 2.00 bits per heavy atom. The second-order valence-corrected chi connectivity index (χ2v) is 4.01. The highest BCUT2D eigenvalue weighted by atomic mass is 15.2. The number of aromatic nitrogens is 1. The van der Waals surface area contributed by atoms with Crippen molar-refractivity contribution < 1.29 is 0 Å². The van der Waals surface area contributed by atoms with Crippen LogP contribution in [-0.4, -0.2) is 45.3 Å². The number of piperazine rings is 1. The maximum Gasteiger partial charge on any atom is 0.128 e. The van der Waals surface area contributed by atoms with E-state index in [9.17, 15) is 0 Å². The zero-order valence-corrected chi connectivity index (χ0v) is 9.40. The Balaban J connectivity index is 2.08. The Kier molecular flexibility index (Phi) is 3.06. The second-order valence-electron chi connectivity index (χ2n) is 4.01. The zero-order chi connectivity index (χ0) is 10.7. The quantitative estimate of drug-likeness (QED) is 0.766. The van der Waals surface area contributed by atoms with E-state index in [2.05, 4.69) is 27.3 Å². The second kappa shape index (κ2) is 4.49. The Hall–Kier alpha value is -1.29. The molecule has 0 amide bonds. The van der Waals surface area contributed by atoms with Crippen molar-refractivity contribution in [3.8, 4) is 0 Å². The summed E-state index contributed by atoms with van der Waals surface area (Å²) < 4.78 is 0. The number of anilines is 2. The summed E-state index contributed by atoms with van der Waals surface area (Å²) in [4.78, 5) is 8.80. The summed E-state index contributed by atoms with van der Waals surface area (Å²) in [5, 5.41) is 3.34. The molecular formula is C11H18N4. The van der Waals surface area contributed by atoms with Crippen LogP contribution >= 0.6 is 0 Å². The first-order chi connectivity index (χ1) is 7.27. The van der Waals surface area contributed by atoms with Crippen LogP contribution in [0.1, 0.15) is 0 Å². The van der Waals surface area contributed by atoms with Gasteiger partial charge in [-0.25, -0.2) is 4.98 Å². The number of nitrogens with zero attached hydrogens (tertiary/aromatic N) is 3. The molecule has 0 spiro atoms. The molecule has 4 heteroatoms. The van der Waals surface area contributed by atoms with Crippen molar-refractivity contribution in [2.24, 2.45) is 0 Å². The molecule has 0 aromatic carbocycles. The van der Waals surface area contributed by atoms with E-state index in [4.69, 9.17) is 0 Å². The lowest BCUT2D eigenvalue weighted by molar-refractivity contribution is 0.589. The molecule has 1 aromatic heterocycles. The molecule has 0 aliphatic carbocycles. The summed E-state index contributed by atoms with van der Waals surface area (Å²) in [6.45, 7) is 4.27. The lowest BCUT2D eigenvalue weighted by Crippen LogP contribution is -2.43. The van der Waals surface area contributed by atoms with E-state index in [1.54, 1.807) is 0 Å². The summed E-state index contributed by atoms with van der Waals surface area (Å²) >= 11 is 0. The fourth-order valence-electron chi connectivity index (χ4n) is 1.75. The number of hydrogen-bond acceptors (Lipinski definition) is 4. The standard InChI is InChI=1S/C11H18N4/c1-14(2)11-4-3-10(9-13-11)15-7-5-12-6-8-15/h3-4,9,12H,5-8H2,1-2H3. The van der Waals surface area contributed by atoms with E-state index in [-0.39, 0.29) is 0 Å². The van der Waals surface area contributed by atoms with Gasteiger partial charge in [0.2, 0.25) is 0 Å². The van der Waals surface area contributed by atoms with Gasteiger partial charge in [0.05, 0.1) is 11.9 Å². The first kappa shape index (κ1) is 10.2. The Morgan fingerprint density at radius 1 is 1.27 bits per heavy atom. The van der Waals surface area contributed by atoms with Crippen LogP contribution in [0.15, 0.2) is 18.3 Å². The van der Waals surface area contributed by atoms with Gasteiger partial charge in [0, 0.05) is 40.3 Å². The van der Waals surface area contributed by atoms with Crippen molar-refractivity contribution in [1.29, 1.82) is 0 Å². The van der Waals surface area contributed by atoms with Gasteiger partial charge in [-0.3, -0.25) is 0 Å². The number of nitrogens with one attached hydrogen (secondary N) is 1. The van der Waals surface area contributed by atoms with Crippen LogP contribution < -0.4 is 15.1 Å². The van der Waals surface area contributed by atoms with Crippen molar-refractivity contribution in [2.45, 2.75) is 0 Å². The third-order valence-corrected chi connectivity index (χ3v) is 2.67. The van der Waals surface area contributed by atoms with Crippen molar-refractivity contribution in [3.63, 3.8) is 0 Å². The topological polar surface area (TPSA) is 31.4 Å². The molecule has 0 saturated carbocycles. The molecule has 0 unspecified atom stereocenters. The highest BCUT2D eigenvalue weighted by Gasteiger charge is 2.10. The normalized spacial score (nSPS) is 16.5. The molecule has 1 aliphatic rings. The van der Waals surface area contributed by atoms with Crippen LogP contribution in [0.4, 0.5) is 11.5 Å². The lowest BCUT2D eigenvalue weighted by Gasteiger charge is -2.29. The minimum Gasteiger partial charge on any atom is -0.368 e. The monoisotopic (exact) mass is 206 g/mol. The molecule has 2 rings (SSSR count). The lowest BCUT2D eigenvalue weighted by atomic mass is 10.3. The highest BCUT2D eigenvalue weighted by Crippen LogP contribution is 2.16. The molecule has 1 aromatic rings. The van der Waals surface area contributed by atoms with E-state index in [1.165, 1.54) is 5.69 Å². The number of hydrogen-bond donors (Lipinski definition) is 1. The summed E-state index contributed by atoms with van der Waals surface area (Å²) in [6, 6.07) is 4.21. The third kappa shape index (κ3) is 2.39. The van der Waals surface area contributed by atoms with Crippen molar-refractivity contribution >= 4 is 11.5 Å². The Bertz CT molecular complexity index is 301. The number of pyridine rings is 1. The van der Waals surface area contributed by atoms with E-state index < -0.39 is 0 Å². The van der Waals surface area contributed by atoms with Gasteiger partial charge in [-0.15, -0.1) is 0 Å². The molecule has 2 heterocycles. The molecule has 0 bridgehead atoms. The average Bonchev–Trinajstić information content (AvgIpc) is 2.30. The van der Waals surface area contributed by atoms with E-state index in [1.807, 2.05) is 25.2 Å². The van der Waals surface area contributed by atoms with Crippen molar-refractivity contribution in [2.75, 3.05) is 50.1 Å². The van der Waals surface area contributed by atoms with Gasteiger partial charge >= 0.3 is 0 Å². The molecule has 0 atom stereocenters. The minimum absolute atomic E-state index is 1.01. The number of rotatable bonds is 2. The molecule has 1 saturated heterocycles. The first-order valence-corrected chi connectivity index (χ1v) is 5.36. The van der Waals surface area contributed by atoms with Crippen LogP contribution in [0.2, 0.25) is 0 Å². The fraction of sp³-hybridized carbons (Fsp3) is 0.545. The van der Waals surface area contributed by atoms with Crippen LogP contribution in [0, 0.1) is 0 Å². The van der Waals surface area contributed by atoms with Crippen LogP contribution in [-0.2, 0) is 0 Å². The summed E-state index contributed by atoms with van der Waals surface area (Å²) in [5.41, 5.74) is 1.22. The fourth-order valence-corrected chi connectivity index (χ4v) is 1.75. The molecule has 1 fully saturated rings. The van der Waals surface area contributed by atoms with Gasteiger partial charge in [0.25, 0.3) is 0 Å². The molecule has 0 radical (unpaired) electrons. The average molecular weight is 206 g/mol. The van der Waals surface area contributed by atoms with E-state index in [0.717, 1.165) is 32.0 Å². The smallest absolute Gasteiger partial charge is 0.128 e. The molecule has 1 aliphatic heterocycles. The van der Waals surface area contributed by atoms with E-state index >= 15 is 0 Å².